The summed E-state index contributed by atoms with van der Waals surface area (Å²) >= 11 is 5.96. The number of aliphatic hydroxyl groups is 1. The molecule has 3 heteroatoms. The van der Waals surface area contributed by atoms with Crippen molar-refractivity contribution in [3.63, 3.8) is 0 Å². The quantitative estimate of drug-likeness (QED) is 0.901. The van der Waals surface area contributed by atoms with E-state index in [1.807, 2.05) is 36.4 Å². The van der Waals surface area contributed by atoms with Crippen molar-refractivity contribution in [2.24, 2.45) is 0 Å². The molecule has 1 N–H and O–H groups in total. The van der Waals surface area contributed by atoms with Crippen LogP contribution in [0.5, 0.6) is 5.75 Å². The topological polar surface area (TPSA) is 29.5 Å². The maximum absolute atomic E-state index is 9.18. The number of benzene rings is 2. The highest BCUT2D eigenvalue weighted by molar-refractivity contribution is 6.31. The normalized spacial score (nSPS) is 10.3. The van der Waals surface area contributed by atoms with Gasteiger partial charge < -0.3 is 9.84 Å². The van der Waals surface area contributed by atoms with Gasteiger partial charge in [0.15, 0.2) is 0 Å². The zero-order valence-electron chi connectivity index (χ0n) is 9.48. The van der Waals surface area contributed by atoms with E-state index in [1.54, 1.807) is 13.2 Å². The molecule has 2 aromatic rings. The minimum absolute atomic E-state index is 0.0589. The molecule has 0 spiro atoms. The Kier molecular flexibility index (Phi) is 3.67. The molecule has 0 saturated carbocycles. The van der Waals surface area contributed by atoms with Crippen LogP contribution in [-0.2, 0) is 6.61 Å². The zero-order chi connectivity index (χ0) is 12.3. The predicted molar refractivity (Wildman–Crippen MR) is 69.4 cm³/mol. The lowest BCUT2D eigenvalue weighted by molar-refractivity contribution is 0.282. The smallest absolute Gasteiger partial charge is 0.119 e. The van der Waals surface area contributed by atoms with Crippen molar-refractivity contribution >= 4 is 11.6 Å². The SMILES string of the molecule is COc1cccc(-c2ccc(Cl)c(CO)c2)c1. The molecule has 2 nitrogen and oxygen atoms in total. The Balaban J connectivity index is 2.45. The van der Waals surface area contributed by atoms with Crippen molar-refractivity contribution < 1.29 is 9.84 Å². The van der Waals surface area contributed by atoms with Crippen LogP contribution >= 0.6 is 11.6 Å². The van der Waals surface area contributed by atoms with Gasteiger partial charge in [0.25, 0.3) is 0 Å². The Morgan fingerprint density at radius 1 is 1.12 bits per heavy atom. The van der Waals surface area contributed by atoms with Gasteiger partial charge in [-0.2, -0.15) is 0 Å². The highest BCUT2D eigenvalue weighted by atomic mass is 35.5. The number of rotatable bonds is 3. The van der Waals surface area contributed by atoms with Crippen LogP contribution in [0.4, 0.5) is 0 Å². The van der Waals surface area contributed by atoms with Gasteiger partial charge in [-0.25, -0.2) is 0 Å². The molecule has 0 fully saturated rings. The van der Waals surface area contributed by atoms with E-state index in [1.165, 1.54) is 0 Å². The van der Waals surface area contributed by atoms with Gasteiger partial charge in [-0.05, 0) is 41.0 Å². The van der Waals surface area contributed by atoms with Crippen LogP contribution in [0.2, 0.25) is 5.02 Å². The number of halogens is 1. The van der Waals surface area contributed by atoms with E-state index in [0.29, 0.717) is 5.02 Å². The Hall–Kier alpha value is -1.51. The summed E-state index contributed by atoms with van der Waals surface area (Å²) in [4.78, 5) is 0. The van der Waals surface area contributed by atoms with Crippen molar-refractivity contribution in [2.45, 2.75) is 6.61 Å². The second kappa shape index (κ2) is 5.21. The first-order valence-electron chi connectivity index (χ1n) is 5.28. The van der Waals surface area contributed by atoms with Crippen molar-refractivity contribution in [1.29, 1.82) is 0 Å². The fourth-order valence-electron chi connectivity index (χ4n) is 1.68. The van der Waals surface area contributed by atoms with Crippen LogP contribution in [0.25, 0.3) is 11.1 Å². The van der Waals surface area contributed by atoms with Crippen molar-refractivity contribution in [3.05, 3.63) is 53.1 Å². The molecule has 0 aliphatic rings. The van der Waals surface area contributed by atoms with Crippen molar-refractivity contribution in [2.75, 3.05) is 7.11 Å². The first-order valence-corrected chi connectivity index (χ1v) is 5.66. The maximum atomic E-state index is 9.18. The molecule has 0 aliphatic carbocycles. The largest absolute Gasteiger partial charge is 0.497 e. The van der Waals surface area contributed by atoms with Gasteiger partial charge in [-0.3, -0.25) is 0 Å². The molecule has 2 aromatic carbocycles. The Morgan fingerprint density at radius 2 is 1.88 bits per heavy atom. The monoisotopic (exact) mass is 248 g/mol. The molecule has 0 amide bonds. The second-order valence-corrected chi connectivity index (χ2v) is 4.10. The molecule has 0 saturated heterocycles. The predicted octanol–water partition coefficient (Wildman–Crippen LogP) is 3.51. The summed E-state index contributed by atoms with van der Waals surface area (Å²) < 4.78 is 5.18. The van der Waals surface area contributed by atoms with Gasteiger partial charge in [0.1, 0.15) is 5.75 Å². The molecule has 88 valence electrons. The standard InChI is InChI=1S/C14H13ClO2/c1-17-13-4-2-3-10(8-13)11-5-6-14(15)12(7-11)9-16/h2-8,16H,9H2,1H3. The summed E-state index contributed by atoms with van der Waals surface area (Å²) in [6, 6.07) is 13.4. The lowest BCUT2D eigenvalue weighted by Gasteiger charge is -2.07. The third kappa shape index (κ3) is 2.60. The van der Waals surface area contributed by atoms with Crippen LogP contribution in [0, 0.1) is 0 Å². The maximum Gasteiger partial charge on any atom is 0.119 e. The average Bonchev–Trinajstić information content (AvgIpc) is 2.39. The van der Waals surface area contributed by atoms with E-state index in [-0.39, 0.29) is 6.61 Å². The number of aliphatic hydroxyl groups excluding tert-OH is 1. The van der Waals surface area contributed by atoms with E-state index < -0.39 is 0 Å². The molecule has 0 bridgehead atoms. The summed E-state index contributed by atoms with van der Waals surface area (Å²) in [5.74, 6) is 0.808. The lowest BCUT2D eigenvalue weighted by atomic mass is 10.0. The number of hydrogen-bond donors (Lipinski definition) is 1. The fraction of sp³-hybridized carbons (Fsp3) is 0.143. The minimum Gasteiger partial charge on any atom is -0.497 e. The molecule has 0 radical (unpaired) electrons. The summed E-state index contributed by atoms with van der Waals surface area (Å²) in [6.07, 6.45) is 0. The average molecular weight is 249 g/mol. The second-order valence-electron chi connectivity index (χ2n) is 3.70. The number of ether oxygens (including phenoxy) is 1. The summed E-state index contributed by atoms with van der Waals surface area (Å²) in [5, 5.41) is 9.76. The van der Waals surface area contributed by atoms with Crippen LogP contribution in [-0.4, -0.2) is 12.2 Å². The van der Waals surface area contributed by atoms with Gasteiger partial charge >= 0.3 is 0 Å². The first kappa shape index (κ1) is 12.0. The summed E-state index contributed by atoms with van der Waals surface area (Å²) in [5.41, 5.74) is 2.78. The van der Waals surface area contributed by atoms with Crippen LogP contribution in [0.3, 0.4) is 0 Å². The van der Waals surface area contributed by atoms with E-state index in [0.717, 1.165) is 22.4 Å². The van der Waals surface area contributed by atoms with Gasteiger partial charge in [0, 0.05) is 5.02 Å². The molecular formula is C14H13ClO2. The molecule has 0 aromatic heterocycles. The number of hydrogen-bond acceptors (Lipinski definition) is 2. The van der Waals surface area contributed by atoms with Gasteiger partial charge in [0.05, 0.1) is 13.7 Å². The molecule has 0 unspecified atom stereocenters. The Bertz CT molecular complexity index is 523. The van der Waals surface area contributed by atoms with Crippen LogP contribution in [0.15, 0.2) is 42.5 Å². The molecule has 0 aliphatic heterocycles. The molecular weight excluding hydrogens is 236 g/mol. The fourth-order valence-corrected chi connectivity index (χ4v) is 1.86. The Morgan fingerprint density at radius 3 is 2.59 bits per heavy atom. The zero-order valence-corrected chi connectivity index (χ0v) is 10.2. The van der Waals surface area contributed by atoms with E-state index in [9.17, 15) is 5.11 Å². The summed E-state index contributed by atoms with van der Waals surface area (Å²) in [7, 11) is 1.64. The summed E-state index contributed by atoms with van der Waals surface area (Å²) in [6.45, 7) is -0.0589. The lowest BCUT2D eigenvalue weighted by Crippen LogP contribution is -1.88. The highest BCUT2D eigenvalue weighted by Gasteiger charge is 2.04. The van der Waals surface area contributed by atoms with Gasteiger partial charge in [-0.15, -0.1) is 0 Å². The van der Waals surface area contributed by atoms with E-state index in [4.69, 9.17) is 16.3 Å². The van der Waals surface area contributed by atoms with Gasteiger partial charge in [-0.1, -0.05) is 29.8 Å². The minimum atomic E-state index is -0.0589. The third-order valence-electron chi connectivity index (χ3n) is 2.62. The molecule has 0 heterocycles. The van der Waals surface area contributed by atoms with E-state index >= 15 is 0 Å². The van der Waals surface area contributed by atoms with Crippen molar-refractivity contribution in [1.82, 2.24) is 0 Å². The number of methoxy groups -OCH3 is 1. The highest BCUT2D eigenvalue weighted by Crippen LogP contribution is 2.27. The van der Waals surface area contributed by atoms with Crippen LogP contribution < -0.4 is 4.74 Å². The van der Waals surface area contributed by atoms with Gasteiger partial charge in [0.2, 0.25) is 0 Å². The van der Waals surface area contributed by atoms with E-state index in [2.05, 4.69) is 0 Å². The van der Waals surface area contributed by atoms with Crippen molar-refractivity contribution in [3.8, 4) is 16.9 Å². The molecule has 0 atom stereocenters. The Labute approximate surface area is 105 Å². The molecule has 2 rings (SSSR count). The first-order chi connectivity index (χ1) is 8.24. The van der Waals surface area contributed by atoms with Crippen LogP contribution in [0.1, 0.15) is 5.56 Å². The molecule has 17 heavy (non-hydrogen) atoms. The third-order valence-corrected chi connectivity index (χ3v) is 2.99.